The molecule has 0 saturated carbocycles. The van der Waals surface area contributed by atoms with Crippen LogP contribution in [0.3, 0.4) is 0 Å². The fraction of sp³-hybridized carbons (Fsp3) is 0.429. The van der Waals surface area contributed by atoms with Crippen LogP contribution in [0, 0.1) is 5.92 Å². The van der Waals surface area contributed by atoms with Gasteiger partial charge < -0.3 is 24.2 Å². The summed E-state index contributed by atoms with van der Waals surface area (Å²) in [5, 5.41) is 11.2. The van der Waals surface area contributed by atoms with Gasteiger partial charge in [-0.1, -0.05) is 32.9 Å². The maximum atomic E-state index is 13.1. The van der Waals surface area contributed by atoms with Gasteiger partial charge in [0, 0.05) is 19.2 Å². The SMILES string of the molecule is CCCOc1ccc(C(O)=C2C(=O)C(=O)N(CCOC)C2c2cccc(OCCC(C)C)c2)cc1. The number of nitrogens with zero attached hydrogens (tertiary/aromatic N) is 1. The van der Waals surface area contributed by atoms with Gasteiger partial charge >= 0.3 is 0 Å². The number of methoxy groups -OCH3 is 1. The molecule has 1 N–H and O–H groups in total. The maximum Gasteiger partial charge on any atom is 0.295 e. The molecule has 35 heavy (non-hydrogen) atoms. The van der Waals surface area contributed by atoms with Gasteiger partial charge in [-0.2, -0.15) is 0 Å². The van der Waals surface area contributed by atoms with E-state index in [-0.39, 0.29) is 24.5 Å². The van der Waals surface area contributed by atoms with Gasteiger partial charge in [-0.15, -0.1) is 0 Å². The summed E-state index contributed by atoms with van der Waals surface area (Å²) in [5.74, 6) is 0.229. The van der Waals surface area contributed by atoms with E-state index in [1.54, 1.807) is 24.3 Å². The molecular formula is C28H35NO6. The van der Waals surface area contributed by atoms with Crippen molar-refractivity contribution in [3.05, 3.63) is 65.2 Å². The number of ether oxygens (including phenoxy) is 3. The van der Waals surface area contributed by atoms with Crippen molar-refractivity contribution in [2.45, 2.75) is 39.7 Å². The zero-order chi connectivity index (χ0) is 25.4. The summed E-state index contributed by atoms with van der Waals surface area (Å²) in [6.45, 7) is 7.91. The second kappa shape index (κ2) is 12.4. The highest BCUT2D eigenvalue weighted by atomic mass is 16.5. The molecule has 1 fully saturated rings. The normalized spacial score (nSPS) is 17.3. The minimum atomic E-state index is -0.755. The zero-order valence-corrected chi connectivity index (χ0v) is 21.0. The molecule has 1 aliphatic rings. The molecule has 3 rings (SSSR count). The Morgan fingerprint density at radius 1 is 1.00 bits per heavy atom. The first-order valence-electron chi connectivity index (χ1n) is 12.1. The number of hydrogen-bond donors (Lipinski definition) is 1. The summed E-state index contributed by atoms with van der Waals surface area (Å²) >= 11 is 0. The van der Waals surface area contributed by atoms with Crippen molar-refractivity contribution < 1.29 is 28.9 Å². The molecule has 1 unspecified atom stereocenters. The van der Waals surface area contributed by atoms with E-state index in [1.807, 2.05) is 31.2 Å². The Morgan fingerprint density at radius 2 is 1.71 bits per heavy atom. The van der Waals surface area contributed by atoms with Gasteiger partial charge in [-0.05, 0) is 60.7 Å². The third-order valence-corrected chi connectivity index (χ3v) is 5.81. The summed E-state index contributed by atoms with van der Waals surface area (Å²) in [4.78, 5) is 27.5. The predicted octanol–water partition coefficient (Wildman–Crippen LogP) is 4.97. The molecule has 0 aromatic heterocycles. The molecule has 1 aliphatic heterocycles. The van der Waals surface area contributed by atoms with Crippen LogP contribution in [0.25, 0.3) is 5.76 Å². The first-order valence-corrected chi connectivity index (χ1v) is 12.1. The molecule has 2 aromatic carbocycles. The van der Waals surface area contributed by atoms with Crippen LogP contribution >= 0.6 is 0 Å². The lowest BCUT2D eigenvalue weighted by Crippen LogP contribution is -2.32. The third-order valence-electron chi connectivity index (χ3n) is 5.81. The van der Waals surface area contributed by atoms with Gasteiger partial charge in [-0.3, -0.25) is 9.59 Å². The number of amides is 1. The lowest BCUT2D eigenvalue weighted by molar-refractivity contribution is -0.140. The van der Waals surface area contributed by atoms with Crippen molar-refractivity contribution in [1.29, 1.82) is 0 Å². The molecule has 188 valence electrons. The molecule has 7 heteroatoms. The number of hydrogen-bond acceptors (Lipinski definition) is 6. The molecule has 0 aliphatic carbocycles. The van der Waals surface area contributed by atoms with E-state index in [1.165, 1.54) is 12.0 Å². The van der Waals surface area contributed by atoms with Crippen LogP contribution in [0.2, 0.25) is 0 Å². The number of aliphatic hydroxyl groups is 1. The van der Waals surface area contributed by atoms with E-state index >= 15 is 0 Å². The number of Topliss-reactive ketones (excluding diaryl/α,β-unsaturated/α-hetero) is 1. The summed E-state index contributed by atoms with van der Waals surface area (Å²) in [6.07, 6.45) is 1.79. The Hall–Kier alpha value is -3.32. The number of benzene rings is 2. The van der Waals surface area contributed by atoms with E-state index in [0.717, 1.165) is 12.8 Å². The Labute approximate surface area is 207 Å². The number of likely N-dealkylation sites (tertiary alicyclic amines) is 1. The minimum Gasteiger partial charge on any atom is -0.507 e. The molecule has 0 radical (unpaired) electrons. The Bertz CT molecular complexity index is 1040. The van der Waals surface area contributed by atoms with Gasteiger partial charge in [0.05, 0.1) is 31.4 Å². The number of ketones is 1. The van der Waals surface area contributed by atoms with Gasteiger partial charge in [0.2, 0.25) is 0 Å². The Balaban J connectivity index is 2.00. The molecule has 2 aromatic rings. The number of carbonyl (C=O) groups is 2. The van der Waals surface area contributed by atoms with Gasteiger partial charge in [0.15, 0.2) is 0 Å². The van der Waals surface area contributed by atoms with Crippen molar-refractivity contribution >= 4 is 17.4 Å². The standard InChI is InChI=1S/C28H35NO6/c1-5-15-34-22-11-9-20(10-12-22)26(30)24-25(29(14-17-33-4)28(32)27(24)31)21-7-6-8-23(18-21)35-16-13-19(2)3/h6-12,18-19,25,30H,5,13-17H2,1-4H3. The topological polar surface area (TPSA) is 85.3 Å². The van der Waals surface area contributed by atoms with Crippen molar-refractivity contribution in [2.75, 3.05) is 33.5 Å². The van der Waals surface area contributed by atoms with E-state index in [2.05, 4.69) is 13.8 Å². The average molecular weight is 482 g/mol. The zero-order valence-electron chi connectivity index (χ0n) is 21.0. The maximum absolute atomic E-state index is 13.1. The van der Waals surface area contributed by atoms with Gasteiger partial charge in [0.25, 0.3) is 11.7 Å². The fourth-order valence-electron chi connectivity index (χ4n) is 3.92. The van der Waals surface area contributed by atoms with Crippen LogP contribution in [0.5, 0.6) is 11.5 Å². The average Bonchev–Trinajstić information content (AvgIpc) is 3.11. The second-order valence-corrected chi connectivity index (χ2v) is 8.96. The highest BCUT2D eigenvalue weighted by Crippen LogP contribution is 2.40. The van der Waals surface area contributed by atoms with Crippen molar-refractivity contribution in [3.63, 3.8) is 0 Å². The lowest BCUT2D eigenvalue weighted by atomic mass is 9.95. The van der Waals surface area contributed by atoms with Gasteiger partial charge in [-0.25, -0.2) is 0 Å². The molecule has 1 saturated heterocycles. The van der Waals surface area contributed by atoms with E-state index in [4.69, 9.17) is 14.2 Å². The highest BCUT2D eigenvalue weighted by molar-refractivity contribution is 6.46. The largest absolute Gasteiger partial charge is 0.507 e. The second-order valence-electron chi connectivity index (χ2n) is 8.96. The third kappa shape index (κ3) is 6.42. The predicted molar refractivity (Wildman–Crippen MR) is 135 cm³/mol. The van der Waals surface area contributed by atoms with Crippen molar-refractivity contribution in [3.8, 4) is 11.5 Å². The van der Waals surface area contributed by atoms with Crippen LogP contribution in [0.1, 0.15) is 50.8 Å². The summed E-state index contributed by atoms with van der Waals surface area (Å²) in [6, 6.07) is 13.4. The summed E-state index contributed by atoms with van der Waals surface area (Å²) < 4.78 is 16.7. The van der Waals surface area contributed by atoms with E-state index in [0.29, 0.717) is 41.8 Å². The first-order chi connectivity index (χ1) is 16.9. The summed E-state index contributed by atoms with van der Waals surface area (Å²) in [7, 11) is 1.54. The lowest BCUT2D eigenvalue weighted by Gasteiger charge is -2.25. The van der Waals surface area contributed by atoms with Crippen LogP contribution in [-0.2, 0) is 14.3 Å². The molecule has 0 spiro atoms. The molecule has 7 nitrogen and oxygen atoms in total. The van der Waals surface area contributed by atoms with Crippen LogP contribution in [-0.4, -0.2) is 55.2 Å². The number of carbonyl (C=O) groups excluding carboxylic acids is 2. The molecule has 1 atom stereocenters. The van der Waals surface area contributed by atoms with Crippen LogP contribution in [0.15, 0.2) is 54.1 Å². The fourth-order valence-corrected chi connectivity index (χ4v) is 3.92. The number of rotatable bonds is 12. The number of aliphatic hydroxyl groups excluding tert-OH is 1. The van der Waals surface area contributed by atoms with Crippen molar-refractivity contribution in [1.82, 2.24) is 4.90 Å². The van der Waals surface area contributed by atoms with Crippen LogP contribution < -0.4 is 9.47 Å². The van der Waals surface area contributed by atoms with E-state index < -0.39 is 17.7 Å². The molecule has 1 heterocycles. The first kappa shape index (κ1) is 26.3. The van der Waals surface area contributed by atoms with Gasteiger partial charge in [0.1, 0.15) is 17.3 Å². The minimum absolute atomic E-state index is 0.0488. The smallest absolute Gasteiger partial charge is 0.295 e. The quantitative estimate of drug-likeness (QED) is 0.262. The Morgan fingerprint density at radius 3 is 2.37 bits per heavy atom. The van der Waals surface area contributed by atoms with E-state index in [9.17, 15) is 14.7 Å². The highest BCUT2D eigenvalue weighted by Gasteiger charge is 2.46. The van der Waals surface area contributed by atoms with Crippen molar-refractivity contribution in [2.24, 2.45) is 5.92 Å². The monoisotopic (exact) mass is 481 g/mol. The Kier molecular flexibility index (Phi) is 9.32. The molecule has 1 amide bonds. The van der Waals surface area contributed by atoms with Crippen LogP contribution in [0.4, 0.5) is 0 Å². The summed E-state index contributed by atoms with van der Waals surface area (Å²) in [5.41, 5.74) is 1.17. The molecular weight excluding hydrogens is 446 g/mol. The molecule has 0 bridgehead atoms.